The zero-order valence-corrected chi connectivity index (χ0v) is 28.7. The van der Waals surface area contributed by atoms with Crippen LogP contribution in [-0.4, -0.2) is 65.6 Å². The summed E-state index contributed by atoms with van der Waals surface area (Å²) < 4.78 is 41.4. The largest absolute Gasteiger partial charge is 0.493 e. The number of rotatable bonds is 9. The van der Waals surface area contributed by atoms with E-state index in [1.807, 2.05) is 19.1 Å². The van der Waals surface area contributed by atoms with Crippen molar-refractivity contribution < 1.29 is 37.0 Å². The lowest BCUT2D eigenvalue weighted by Gasteiger charge is -2.32. The minimum Gasteiger partial charge on any atom is -0.493 e. The second-order valence-corrected chi connectivity index (χ2v) is 15.9. The molecule has 5 rings (SSSR count). The van der Waals surface area contributed by atoms with Crippen LogP contribution < -0.4 is 25.4 Å². The molecule has 1 unspecified atom stereocenters. The monoisotopic (exact) mass is 762 g/mol. The Bertz CT molecular complexity index is 1780. The fraction of sp³-hybridized carbons (Fsp3) is 0.344. The van der Waals surface area contributed by atoms with Gasteiger partial charge in [-0.05, 0) is 77.9 Å². The van der Waals surface area contributed by atoms with Crippen molar-refractivity contribution in [3.05, 3.63) is 76.9 Å². The van der Waals surface area contributed by atoms with Crippen molar-refractivity contribution in [1.82, 2.24) is 10.2 Å². The van der Waals surface area contributed by atoms with Gasteiger partial charge in [0.1, 0.15) is 6.04 Å². The maximum Gasteiger partial charge on any atom is 0.411 e. The van der Waals surface area contributed by atoms with Crippen molar-refractivity contribution >= 4 is 57.5 Å². The van der Waals surface area contributed by atoms with Gasteiger partial charge in [-0.15, -0.1) is 0 Å². The Labute approximate surface area is 279 Å². The number of carbonyl (C=O) groups excluding carboxylic acids is 3. The van der Waals surface area contributed by atoms with Gasteiger partial charge in [0.15, 0.2) is 11.5 Å². The molecule has 12 nitrogen and oxygen atoms in total. The number of nitrogens with one attached hydrogen (secondary N) is 3. The Balaban J connectivity index is 1.57. The van der Waals surface area contributed by atoms with E-state index < -0.39 is 25.2 Å². The molecule has 2 aliphatic rings. The summed E-state index contributed by atoms with van der Waals surface area (Å²) >= 11 is 1.38. The lowest BCUT2D eigenvalue weighted by Crippen LogP contribution is -2.38. The molecular weight excluding hydrogens is 727 g/mol. The smallest absolute Gasteiger partial charge is 0.411 e. The fourth-order valence-corrected chi connectivity index (χ4v) is 7.92. The van der Waals surface area contributed by atoms with Crippen molar-refractivity contribution in [2.75, 3.05) is 45.1 Å². The van der Waals surface area contributed by atoms with Gasteiger partial charge in [-0.3, -0.25) is 14.9 Å². The topological polar surface area (TPSA) is 152 Å². The van der Waals surface area contributed by atoms with Crippen molar-refractivity contribution in [2.45, 2.75) is 42.7 Å². The van der Waals surface area contributed by atoms with E-state index in [1.165, 1.54) is 54.7 Å². The van der Waals surface area contributed by atoms with E-state index in [0.717, 1.165) is 5.56 Å². The molecule has 46 heavy (non-hydrogen) atoms. The highest BCUT2D eigenvalue weighted by molar-refractivity contribution is 14.2. The summed E-state index contributed by atoms with van der Waals surface area (Å²) in [5, 5.41) is 8.83. The molecule has 0 bridgehead atoms. The number of ether oxygens (including phenoxy) is 3. The molecule has 2 heterocycles. The standard InChI is InChI=1S/C32H35IN4O8S/c1-18-17-34-30(38)23-15-20(8-10-22(18)23)35-29(19-7-11-26(43-2)27(14-19)44-3)31(39)37-13-5-6-25(37)24-16-21(36-32(40)45-4)9-12-28(24)46(33,41)42/h7-12,14-16,18,25,29,35H,5-6,13,17H2,1-4H3,(H,34,38)(H,36,40)/t18-,25-,29?/m1/s1. The molecule has 0 aromatic heterocycles. The van der Waals surface area contributed by atoms with Crippen LogP contribution in [0.4, 0.5) is 16.2 Å². The quantitative estimate of drug-likeness (QED) is 0.193. The van der Waals surface area contributed by atoms with Crippen LogP contribution in [0.15, 0.2) is 59.5 Å². The van der Waals surface area contributed by atoms with Crippen molar-refractivity contribution in [3.8, 4) is 11.5 Å². The number of hydrogen-bond acceptors (Lipinski definition) is 9. The van der Waals surface area contributed by atoms with Crippen LogP contribution in [0.5, 0.6) is 11.5 Å². The highest BCUT2D eigenvalue weighted by atomic mass is 127. The molecule has 14 heteroatoms. The second-order valence-electron chi connectivity index (χ2n) is 11.1. The van der Waals surface area contributed by atoms with Gasteiger partial charge in [0.2, 0.25) is 12.9 Å². The van der Waals surface area contributed by atoms with Crippen LogP contribution in [-0.2, 0) is 16.5 Å². The molecule has 1 fully saturated rings. The van der Waals surface area contributed by atoms with E-state index in [4.69, 9.17) is 14.2 Å². The van der Waals surface area contributed by atoms with Crippen molar-refractivity contribution in [3.63, 3.8) is 0 Å². The van der Waals surface area contributed by atoms with Crippen LogP contribution in [0.3, 0.4) is 0 Å². The molecule has 3 N–H and O–H groups in total. The van der Waals surface area contributed by atoms with E-state index in [-0.39, 0.29) is 22.6 Å². The van der Waals surface area contributed by atoms with Crippen LogP contribution in [0.25, 0.3) is 0 Å². The number of nitrogens with zero attached hydrogens (tertiary/aromatic N) is 1. The average molecular weight is 763 g/mol. The molecule has 3 aromatic rings. The highest BCUT2D eigenvalue weighted by Gasteiger charge is 2.38. The molecule has 244 valence electrons. The molecule has 0 radical (unpaired) electrons. The number of likely N-dealkylation sites (tertiary alicyclic amines) is 1. The van der Waals surface area contributed by atoms with E-state index in [9.17, 15) is 22.8 Å². The van der Waals surface area contributed by atoms with E-state index in [2.05, 4.69) is 16.0 Å². The Morgan fingerprint density at radius 2 is 1.72 bits per heavy atom. The van der Waals surface area contributed by atoms with Gasteiger partial charge in [0.25, 0.3) is 5.91 Å². The van der Waals surface area contributed by atoms with Gasteiger partial charge in [0.05, 0.1) is 53.5 Å². The van der Waals surface area contributed by atoms with Crippen LogP contribution in [0, 0.1) is 0 Å². The fourth-order valence-electron chi connectivity index (χ4n) is 6.01. The summed E-state index contributed by atoms with van der Waals surface area (Å²) in [6.45, 7) is 2.95. The lowest BCUT2D eigenvalue weighted by atomic mass is 9.91. The Morgan fingerprint density at radius 1 is 0.978 bits per heavy atom. The zero-order valence-electron chi connectivity index (χ0n) is 25.8. The third-order valence-corrected chi connectivity index (χ3v) is 10.6. The van der Waals surface area contributed by atoms with Crippen LogP contribution >= 0.6 is 21.2 Å². The molecule has 3 amide bonds. The first-order chi connectivity index (χ1) is 21.9. The number of halogens is 1. The molecule has 3 aromatic carbocycles. The Hall–Kier alpha value is -4.05. The third-order valence-electron chi connectivity index (χ3n) is 8.30. The summed E-state index contributed by atoms with van der Waals surface area (Å²) in [5.41, 5.74) is 3.32. The van der Waals surface area contributed by atoms with Crippen molar-refractivity contribution in [1.29, 1.82) is 0 Å². The minimum absolute atomic E-state index is 0.0543. The summed E-state index contributed by atoms with van der Waals surface area (Å²) in [6, 6.07) is 13.6. The Morgan fingerprint density at radius 3 is 2.41 bits per heavy atom. The third kappa shape index (κ3) is 6.87. The van der Waals surface area contributed by atoms with E-state index in [1.54, 1.807) is 35.2 Å². The van der Waals surface area contributed by atoms with E-state index >= 15 is 0 Å². The van der Waals surface area contributed by atoms with Gasteiger partial charge >= 0.3 is 6.09 Å². The number of benzene rings is 3. The number of amides is 3. The van der Waals surface area contributed by atoms with Crippen LogP contribution in [0.2, 0.25) is 0 Å². The average Bonchev–Trinajstić information content (AvgIpc) is 3.54. The van der Waals surface area contributed by atoms with Crippen molar-refractivity contribution in [2.24, 2.45) is 0 Å². The lowest BCUT2D eigenvalue weighted by molar-refractivity contribution is -0.133. The van der Waals surface area contributed by atoms with Gasteiger partial charge in [-0.1, -0.05) is 19.1 Å². The highest BCUT2D eigenvalue weighted by Crippen LogP contribution is 2.41. The SMILES string of the molecule is COC(=O)Nc1ccc(S(=O)(=O)I)c([C@H]2CCCN2C(=O)C(Nc2ccc3c(c2)C(=O)NC[C@H]3C)c2ccc(OC)c(OC)c2)c1. The number of methoxy groups -OCH3 is 3. The minimum atomic E-state index is -3.72. The molecule has 0 spiro atoms. The molecule has 0 aliphatic carbocycles. The van der Waals surface area contributed by atoms with Gasteiger partial charge in [-0.2, -0.15) is 0 Å². The zero-order chi connectivity index (χ0) is 33.2. The number of hydrogen-bond donors (Lipinski definition) is 3. The predicted molar refractivity (Wildman–Crippen MR) is 180 cm³/mol. The van der Waals surface area contributed by atoms with Crippen LogP contribution in [0.1, 0.15) is 64.8 Å². The first-order valence-corrected chi connectivity index (χ1v) is 18.6. The summed E-state index contributed by atoms with van der Waals surface area (Å²) in [4.78, 5) is 41.0. The molecule has 2 aliphatic heterocycles. The summed E-state index contributed by atoms with van der Waals surface area (Å²) in [6.07, 6.45) is 0.421. The maximum atomic E-state index is 14.6. The molecule has 0 saturated carbocycles. The first-order valence-electron chi connectivity index (χ1n) is 14.6. The van der Waals surface area contributed by atoms with E-state index in [0.29, 0.717) is 65.5 Å². The van der Waals surface area contributed by atoms with Gasteiger partial charge in [-0.25, -0.2) is 13.2 Å². The molecular formula is C32H35IN4O8S. The molecule has 3 atom stereocenters. The maximum absolute atomic E-state index is 14.6. The number of anilines is 2. The normalized spacial score (nSPS) is 18.2. The summed E-state index contributed by atoms with van der Waals surface area (Å²) in [7, 11) is 0.536. The number of carbonyl (C=O) groups is 3. The predicted octanol–water partition coefficient (Wildman–Crippen LogP) is 5.37. The van der Waals surface area contributed by atoms with Gasteiger partial charge < -0.3 is 29.7 Å². The molecule has 1 saturated heterocycles. The Kier molecular flexibility index (Phi) is 9.96. The summed E-state index contributed by atoms with van der Waals surface area (Å²) in [5.74, 6) is 0.564. The second kappa shape index (κ2) is 13.7. The first kappa shape index (κ1) is 33.3. The number of fused-ring (bicyclic) bond motifs is 1. The van der Waals surface area contributed by atoms with Gasteiger partial charge in [0, 0.05) is 30.0 Å².